The third kappa shape index (κ3) is 5.37. The number of carbonyl (C=O) groups excluding carboxylic acids is 1. The van der Waals surface area contributed by atoms with Gasteiger partial charge < -0.3 is 25.0 Å². The van der Waals surface area contributed by atoms with Crippen molar-refractivity contribution in [2.45, 2.75) is 38.6 Å². The van der Waals surface area contributed by atoms with E-state index in [4.69, 9.17) is 16.6 Å². The fourth-order valence-corrected chi connectivity index (χ4v) is 5.18. The Morgan fingerprint density at radius 2 is 1.89 bits per heavy atom. The van der Waals surface area contributed by atoms with Crippen LogP contribution in [0.1, 0.15) is 32.6 Å². The summed E-state index contributed by atoms with van der Waals surface area (Å²) >= 11 is 6.48. The second-order valence-electron chi connectivity index (χ2n) is 10.4. The number of hydrogen-bond acceptors (Lipinski definition) is 7. The number of aryl methyl sites for hydroxylation is 1. The summed E-state index contributed by atoms with van der Waals surface area (Å²) in [5.41, 5.74) is 2.47. The molecule has 1 saturated heterocycles. The van der Waals surface area contributed by atoms with Gasteiger partial charge in [0.1, 0.15) is 5.02 Å². The van der Waals surface area contributed by atoms with Crippen LogP contribution in [0.3, 0.4) is 0 Å². The average Bonchev–Trinajstić information content (AvgIpc) is 3.74. The minimum Gasteiger partial charge on any atom is -0.382 e. The number of fused-ring (bicyclic) bond motifs is 1. The second kappa shape index (κ2) is 10.2. The molecule has 1 saturated carbocycles. The molecular formula is C27H34ClN7O2. The van der Waals surface area contributed by atoms with Gasteiger partial charge in [-0.3, -0.25) is 9.59 Å². The Labute approximate surface area is 221 Å². The Hall–Kier alpha value is -3.33. The van der Waals surface area contributed by atoms with Crippen LogP contribution in [0.2, 0.25) is 5.02 Å². The number of pyridine rings is 1. The molecule has 2 fully saturated rings. The molecule has 196 valence electrons. The molecule has 1 aliphatic carbocycles. The first-order valence-electron chi connectivity index (χ1n) is 12.9. The van der Waals surface area contributed by atoms with Crippen molar-refractivity contribution < 1.29 is 4.79 Å². The number of nitrogens with one attached hydrogen (secondary N) is 2. The monoisotopic (exact) mass is 523 g/mol. The van der Waals surface area contributed by atoms with Crippen LogP contribution < -0.4 is 21.1 Å². The molecule has 0 radical (unpaired) electrons. The Morgan fingerprint density at radius 1 is 1.16 bits per heavy atom. The molecule has 2 aromatic heterocycles. The molecule has 0 spiro atoms. The van der Waals surface area contributed by atoms with E-state index in [1.165, 1.54) is 12.8 Å². The topological polar surface area (TPSA) is 95.4 Å². The van der Waals surface area contributed by atoms with Crippen LogP contribution in [-0.2, 0) is 11.8 Å². The van der Waals surface area contributed by atoms with Crippen molar-refractivity contribution in [1.82, 2.24) is 19.4 Å². The molecule has 37 heavy (non-hydrogen) atoms. The van der Waals surface area contributed by atoms with E-state index in [0.29, 0.717) is 41.8 Å². The molecular weight excluding hydrogens is 490 g/mol. The van der Waals surface area contributed by atoms with E-state index in [-0.39, 0.29) is 17.4 Å². The first-order valence-corrected chi connectivity index (χ1v) is 13.2. The summed E-state index contributed by atoms with van der Waals surface area (Å²) in [5.74, 6) is 1.97. The fraction of sp³-hybridized carbons (Fsp3) is 0.481. The maximum Gasteiger partial charge on any atom is 0.252 e. The number of anilines is 4. The molecule has 1 atom stereocenters. The highest BCUT2D eigenvalue weighted by Crippen LogP contribution is 2.36. The van der Waals surface area contributed by atoms with Gasteiger partial charge in [0.25, 0.3) is 5.56 Å². The van der Waals surface area contributed by atoms with Crippen LogP contribution in [-0.4, -0.2) is 58.6 Å². The van der Waals surface area contributed by atoms with Crippen molar-refractivity contribution in [2.24, 2.45) is 18.9 Å². The van der Waals surface area contributed by atoms with Crippen molar-refractivity contribution >= 4 is 51.6 Å². The van der Waals surface area contributed by atoms with Crippen LogP contribution in [0.15, 0.2) is 35.3 Å². The standard InChI is InChI=1S/C27H34ClN7O2/c1-16(17-5-6-17)30-22-14-24(36)34(4)23-8-7-19(13-20(22)23)31-25-21(28)15-29-27(32-25)35-11-9-18(10-12-35)26(37)33(2)3/h7-8,13-18,30H,5-6,9-12H2,1-4H3,(H,29,31,32)/t16-/m1/s1. The van der Waals surface area contributed by atoms with E-state index >= 15 is 0 Å². The zero-order chi connectivity index (χ0) is 26.3. The number of benzene rings is 1. The van der Waals surface area contributed by atoms with E-state index in [9.17, 15) is 9.59 Å². The normalized spacial score (nSPS) is 17.1. The average molecular weight is 524 g/mol. The highest BCUT2D eigenvalue weighted by atomic mass is 35.5. The molecule has 1 aromatic carbocycles. The van der Waals surface area contributed by atoms with Crippen molar-refractivity contribution in [3.05, 3.63) is 45.8 Å². The van der Waals surface area contributed by atoms with Gasteiger partial charge in [-0.2, -0.15) is 4.98 Å². The number of rotatable bonds is 7. The summed E-state index contributed by atoms with van der Waals surface area (Å²) in [6.45, 7) is 3.59. The predicted molar refractivity (Wildman–Crippen MR) is 149 cm³/mol. The van der Waals surface area contributed by atoms with Crippen LogP contribution in [0.4, 0.5) is 23.1 Å². The zero-order valence-electron chi connectivity index (χ0n) is 21.8. The lowest BCUT2D eigenvalue weighted by atomic mass is 9.96. The molecule has 3 aromatic rings. The van der Waals surface area contributed by atoms with Crippen molar-refractivity contribution in [3.8, 4) is 0 Å². The highest BCUT2D eigenvalue weighted by molar-refractivity contribution is 6.32. The van der Waals surface area contributed by atoms with Crippen LogP contribution in [0, 0.1) is 11.8 Å². The lowest BCUT2D eigenvalue weighted by molar-refractivity contribution is -0.133. The van der Waals surface area contributed by atoms with E-state index in [0.717, 1.165) is 35.1 Å². The van der Waals surface area contributed by atoms with Gasteiger partial charge in [0.05, 0.1) is 11.7 Å². The largest absolute Gasteiger partial charge is 0.382 e. The van der Waals surface area contributed by atoms with Crippen LogP contribution >= 0.6 is 11.6 Å². The number of aromatic nitrogens is 3. The smallest absolute Gasteiger partial charge is 0.252 e. The Bertz CT molecular complexity index is 1380. The number of piperidine rings is 1. The Morgan fingerprint density at radius 3 is 2.57 bits per heavy atom. The zero-order valence-corrected chi connectivity index (χ0v) is 22.5. The minimum absolute atomic E-state index is 0.0372. The number of hydrogen-bond donors (Lipinski definition) is 2. The second-order valence-corrected chi connectivity index (χ2v) is 10.9. The lowest BCUT2D eigenvalue weighted by Gasteiger charge is -2.32. The number of carbonyl (C=O) groups is 1. The molecule has 1 aliphatic heterocycles. The van der Waals surface area contributed by atoms with E-state index in [1.807, 2.05) is 18.2 Å². The summed E-state index contributed by atoms with van der Waals surface area (Å²) in [5, 5.41) is 8.29. The summed E-state index contributed by atoms with van der Waals surface area (Å²) in [6.07, 6.45) is 5.59. The molecule has 2 aliphatic rings. The third-order valence-corrected chi connectivity index (χ3v) is 7.80. The van der Waals surface area contributed by atoms with Gasteiger partial charge in [-0.05, 0) is 56.7 Å². The molecule has 9 nitrogen and oxygen atoms in total. The third-order valence-electron chi connectivity index (χ3n) is 7.52. The molecule has 0 bridgehead atoms. The highest BCUT2D eigenvalue weighted by Gasteiger charge is 2.29. The van der Waals surface area contributed by atoms with Crippen molar-refractivity contribution in [3.63, 3.8) is 0 Å². The van der Waals surface area contributed by atoms with E-state index in [1.54, 1.807) is 42.9 Å². The molecule has 1 amide bonds. The maximum absolute atomic E-state index is 12.6. The lowest BCUT2D eigenvalue weighted by Crippen LogP contribution is -2.40. The molecule has 10 heteroatoms. The Balaban J connectivity index is 1.38. The van der Waals surface area contributed by atoms with E-state index in [2.05, 4.69) is 27.4 Å². The van der Waals surface area contributed by atoms with Crippen LogP contribution in [0.25, 0.3) is 10.9 Å². The van der Waals surface area contributed by atoms with Gasteiger partial charge >= 0.3 is 0 Å². The number of halogens is 1. The van der Waals surface area contributed by atoms with Gasteiger partial charge in [-0.15, -0.1) is 0 Å². The summed E-state index contributed by atoms with van der Waals surface area (Å²) < 4.78 is 1.66. The van der Waals surface area contributed by atoms with Gasteiger partial charge in [-0.25, -0.2) is 4.98 Å². The SMILES string of the molecule is C[C@@H](Nc1cc(=O)n(C)c2ccc(Nc3nc(N4CCC(C(=O)N(C)C)CC4)ncc3Cl)cc12)C1CC1. The summed E-state index contributed by atoms with van der Waals surface area (Å²) in [7, 11) is 5.39. The fourth-order valence-electron chi connectivity index (χ4n) is 5.04. The Kier molecular flexibility index (Phi) is 6.98. The minimum atomic E-state index is -0.0433. The summed E-state index contributed by atoms with van der Waals surface area (Å²) in [4.78, 5) is 37.8. The first-order chi connectivity index (χ1) is 17.7. The quantitative estimate of drug-likeness (QED) is 0.478. The van der Waals surface area contributed by atoms with Crippen molar-refractivity contribution in [2.75, 3.05) is 42.7 Å². The van der Waals surface area contributed by atoms with E-state index < -0.39 is 0 Å². The van der Waals surface area contributed by atoms with Crippen molar-refractivity contribution in [1.29, 1.82) is 0 Å². The maximum atomic E-state index is 12.6. The number of amides is 1. The van der Waals surface area contributed by atoms with Gasteiger partial charge in [0, 0.05) is 69.0 Å². The first kappa shape index (κ1) is 25.3. The number of nitrogens with zero attached hydrogens (tertiary/aromatic N) is 5. The molecule has 5 rings (SSSR count). The predicted octanol–water partition coefficient (Wildman–Crippen LogP) is 4.24. The molecule has 2 N–H and O–H groups in total. The van der Waals surface area contributed by atoms with Gasteiger partial charge in [0.15, 0.2) is 5.82 Å². The van der Waals surface area contributed by atoms with Crippen LogP contribution in [0.5, 0.6) is 0 Å². The van der Waals surface area contributed by atoms with Gasteiger partial charge in [-0.1, -0.05) is 11.6 Å². The molecule has 3 heterocycles. The van der Waals surface area contributed by atoms with Gasteiger partial charge in [0.2, 0.25) is 11.9 Å². The summed E-state index contributed by atoms with van der Waals surface area (Å²) in [6, 6.07) is 7.86. The molecule has 0 unspecified atom stereocenters.